The Morgan fingerprint density at radius 3 is 2.09 bits per heavy atom. The number of carbonyl (C=O) groups excluding carboxylic acids is 1. The molecule has 2 aromatic carbocycles. The molecule has 1 amide bonds. The Morgan fingerprint density at radius 1 is 0.851 bits per heavy atom. The number of aliphatic carboxylic acids is 2. The second kappa shape index (κ2) is 15.7. The molecular weight excluding hydrogens is 662 g/mol. The third-order valence-corrected chi connectivity index (χ3v) is 6.13. The van der Waals surface area contributed by atoms with Gasteiger partial charge in [0, 0.05) is 29.5 Å². The van der Waals surface area contributed by atoms with E-state index in [9.17, 15) is 31.1 Å². The Labute approximate surface area is 266 Å². The summed E-state index contributed by atoms with van der Waals surface area (Å²) in [5, 5.41) is 24.2. The second-order valence-corrected chi connectivity index (χ2v) is 9.81. The highest BCUT2D eigenvalue weighted by molar-refractivity contribution is 6.32. The molecule has 4 aromatic rings. The number of carboxylic acids is 2. The number of anilines is 5. The summed E-state index contributed by atoms with van der Waals surface area (Å²) >= 11 is 6.33. The number of fused-ring (bicyclic) bond motifs is 6. The molecule has 0 saturated heterocycles. The zero-order chi connectivity index (χ0) is 34.8. The summed E-state index contributed by atoms with van der Waals surface area (Å²) in [6.07, 6.45) is -3.37. The molecule has 18 heteroatoms. The van der Waals surface area contributed by atoms with E-state index in [2.05, 4.69) is 43.0 Å². The Kier molecular flexibility index (Phi) is 12.0. The highest BCUT2D eigenvalue weighted by Crippen LogP contribution is 2.29. The van der Waals surface area contributed by atoms with Crippen molar-refractivity contribution in [2.75, 3.05) is 16.0 Å². The van der Waals surface area contributed by atoms with Gasteiger partial charge in [0.05, 0.1) is 12.6 Å². The number of aryl methyl sites for hydroxylation is 2. The minimum atomic E-state index is -5.08. The predicted molar refractivity (Wildman–Crippen MR) is 158 cm³/mol. The monoisotopic (exact) mass is 684 g/mol. The van der Waals surface area contributed by atoms with E-state index >= 15 is 0 Å². The van der Waals surface area contributed by atoms with Crippen LogP contribution in [-0.2, 0) is 33.6 Å². The molecule has 0 unspecified atom stereocenters. The summed E-state index contributed by atoms with van der Waals surface area (Å²) in [6, 6.07) is 17.7. The summed E-state index contributed by atoms with van der Waals surface area (Å²) in [6.45, 7) is 0. The molecule has 0 saturated carbocycles. The number of nitrogens with one attached hydrogen (secondary N) is 3. The standard InChI is InChI=1S/C25H21ClN6O.2C2HF3O2/c26-21-15-28-25-30-19-3-1-2-16(12-19)4-5-18-14-20(29-24(21)32-25)6-7-22(18)31-23(33)13-17-8-10-27-11-9-17;2*3-2(4,5)1(6)7/h1-3,6-12,14-15H,4-5,13H2,(H,31,33)(H2,28,29,30,32);2*(H,6,7). The molecule has 0 spiro atoms. The fraction of sp³-hybridized carbons (Fsp3) is 0.172. The van der Waals surface area contributed by atoms with Crippen molar-refractivity contribution in [1.82, 2.24) is 15.0 Å². The fourth-order valence-electron chi connectivity index (χ4n) is 3.75. The van der Waals surface area contributed by atoms with Crippen molar-refractivity contribution >= 4 is 58.3 Å². The first-order valence-corrected chi connectivity index (χ1v) is 13.5. The van der Waals surface area contributed by atoms with E-state index < -0.39 is 24.3 Å². The van der Waals surface area contributed by atoms with E-state index in [1.807, 2.05) is 42.5 Å². The van der Waals surface area contributed by atoms with Crippen LogP contribution in [0, 0.1) is 0 Å². The first kappa shape index (κ1) is 36.0. The lowest BCUT2D eigenvalue weighted by Gasteiger charge is -2.15. The summed E-state index contributed by atoms with van der Waals surface area (Å²) in [7, 11) is 0. The molecule has 5 N–H and O–H groups in total. The van der Waals surface area contributed by atoms with E-state index in [1.165, 1.54) is 5.56 Å². The number of amides is 1. The maximum atomic E-state index is 12.7. The molecule has 1 aliphatic heterocycles. The van der Waals surface area contributed by atoms with Gasteiger partial charge in [-0.15, -0.1) is 0 Å². The second-order valence-electron chi connectivity index (χ2n) is 9.40. The van der Waals surface area contributed by atoms with Crippen molar-refractivity contribution in [3.8, 4) is 0 Å². The topological polar surface area (TPSA) is 166 Å². The van der Waals surface area contributed by atoms with Crippen LogP contribution in [0.2, 0.25) is 5.02 Å². The lowest BCUT2D eigenvalue weighted by molar-refractivity contribution is -0.193. The number of rotatable bonds is 3. The van der Waals surface area contributed by atoms with Gasteiger partial charge in [-0.25, -0.2) is 14.6 Å². The summed E-state index contributed by atoms with van der Waals surface area (Å²) < 4.78 is 63.5. The molecule has 1 aliphatic rings. The van der Waals surface area contributed by atoms with Gasteiger partial charge in [-0.2, -0.15) is 31.3 Å². The Morgan fingerprint density at radius 2 is 1.47 bits per heavy atom. The van der Waals surface area contributed by atoms with E-state index in [4.69, 9.17) is 31.4 Å². The smallest absolute Gasteiger partial charge is 0.475 e. The van der Waals surface area contributed by atoms with Gasteiger partial charge in [0.25, 0.3) is 0 Å². The molecule has 6 bridgehead atoms. The first-order valence-electron chi connectivity index (χ1n) is 13.1. The highest BCUT2D eigenvalue weighted by Gasteiger charge is 2.38. The average molecular weight is 685 g/mol. The summed E-state index contributed by atoms with van der Waals surface area (Å²) in [5.41, 5.74) is 5.62. The predicted octanol–water partition coefficient (Wildman–Crippen LogP) is 6.56. The number of aromatic nitrogens is 3. The number of halogens is 7. The van der Waals surface area contributed by atoms with Crippen molar-refractivity contribution in [2.24, 2.45) is 0 Å². The SMILES string of the molecule is O=C(Cc1ccncc1)Nc1ccc2cc1CCc1cccc(c1)Nc1ncc(Cl)c(n1)N2.O=C(O)C(F)(F)F.O=C(O)C(F)(F)F. The minimum Gasteiger partial charge on any atom is -0.475 e. The van der Waals surface area contributed by atoms with Crippen LogP contribution in [0.25, 0.3) is 0 Å². The van der Waals surface area contributed by atoms with Crippen LogP contribution in [0.4, 0.5) is 55.2 Å². The van der Waals surface area contributed by atoms with E-state index in [0.717, 1.165) is 41.0 Å². The minimum absolute atomic E-state index is 0.0734. The molecule has 2 aromatic heterocycles. The summed E-state index contributed by atoms with van der Waals surface area (Å²) in [4.78, 5) is 43.3. The van der Waals surface area contributed by atoms with E-state index in [0.29, 0.717) is 16.8 Å². The Balaban J connectivity index is 0.000000360. The van der Waals surface area contributed by atoms with Gasteiger partial charge in [-0.1, -0.05) is 23.7 Å². The molecule has 11 nitrogen and oxygen atoms in total. The Hall–Kier alpha value is -5.45. The van der Waals surface area contributed by atoms with Gasteiger partial charge >= 0.3 is 24.3 Å². The van der Waals surface area contributed by atoms with Crippen LogP contribution in [0.5, 0.6) is 0 Å². The molecule has 3 heterocycles. The van der Waals surface area contributed by atoms with Gasteiger partial charge in [-0.05, 0) is 72.0 Å². The molecule has 248 valence electrons. The normalized spacial score (nSPS) is 12.0. The molecule has 5 rings (SSSR count). The lowest BCUT2D eigenvalue weighted by Crippen LogP contribution is -2.21. The van der Waals surface area contributed by atoms with Crippen molar-refractivity contribution in [2.45, 2.75) is 31.6 Å². The molecule has 0 fully saturated rings. The van der Waals surface area contributed by atoms with Crippen LogP contribution in [0.3, 0.4) is 0 Å². The lowest BCUT2D eigenvalue weighted by atomic mass is 10.0. The molecular formula is C29H23ClF6N6O5. The first-order chi connectivity index (χ1) is 22.0. The van der Waals surface area contributed by atoms with Gasteiger partial charge in [0.2, 0.25) is 11.9 Å². The van der Waals surface area contributed by atoms with E-state index in [1.54, 1.807) is 18.6 Å². The van der Waals surface area contributed by atoms with Gasteiger partial charge in [0.1, 0.15) is 5.02 Å². The third-order valence-electron chi connectivity index (χ3n) is 5.85. The van der Waals surface area contributed by atoms with Crippen molar-refractivity contribution in [3.05, 3.63) is 94.9 Å². The zero-order valence-electron chi connectivity index (χ0n) is 23.7. The van der Waals surface area contributed by atoms with Crippen LogP contribution >= 0.6 is 11.6 Å². The number of benzene rings is 2. The molecule has 0 radical (unpaired) electrons. The van der Waals surface area contributed by atoms with Gasteiger partial charge in [-0.3, -0.25) is 9.78 Å². The number of hydrogen-bond donors (Lipinski definition) is 5. The maximum Gasteiger partial charge on any atom is 0.490 e. The number of nitrogens with zero attached hydrogens (tertiary/aromatic N) is 3. The number of hydrogen-bond acceptors (Lipinski definition) is 8. The fourth-order valence-corrected chi connectivity index (χ4v) is 3.88. The van der Waals surface area contributed by atoms with E-state index in [-0.39, 0.29) is 12.3 Å². The van der Waals surface area contributed by atoms with Crippen LogP contribution in [0.15, 0.2) is 73.2 Å². The van der Waals surface area contributed by atoms with Crippen LogP contribution < -0.4 is 16.0 Å². The quantitative estimate of drug-likeness (QED) is 0.149. The van der Waals surface area contributed by atoms with Crippen LogP contribution in [-0.4, -0.2) is 55.4 Å². The molecule has 0 atom stereocenters. The van der Waals surface area contributed by atoms with Crippen LogP contribution in [0.1, 0.15) is 16.7 Å². The van der Waals surface area contributed by atoms with Crippen molar-refractivity contribution in [1.29, 1.82) is 0 Å². The van der Waals surface area contributed by atoms with Crippen molar-refractivity contribution < 1.29 is 50.9 Å². The maximum absolute atomic E-state index is 12.7. The summed E-state index contributed by atoms with van der Waals surface area (Å²) in [5.74, 6) is -4.63. The number of alkyl halides is 6. The number of pyridine rings is 1. The number of carboxylic acid groups (broad SMARTS) is 2. The van der Waals surface area contributed by atoms with Crippen molar-refractivity contribution in [3.63, 3.8) is 0 Å². The zero-order valence-corrected chi connectivity index (χ0v) is 24.4. The average Bonchev–Trinajstić information content (AvgIpc) is 2.99. The highest BCUT2D eigenvalue weighted by atomic mass is 35.5. The largest absolute Gasteiger partial charge is 0.490 e. The van der Waals surface area contributed by atoms with Gasteiger partial charge < -0.3 is 26.2 Å². The van der Waals surface area contributed by atoms with Gasteiger partial charge in [0.15, 0.2) is 5.82 Å². The third kappa shape index (κ3) is 11.8. The molecule has 0 aliphatic carbocycles. The molecule has 47 heavy (non-hydrogen) atoms. The number of carbonyl (C=O) groups is 3. The Bertz CT molecular complexity index is 1700.